The van der Waals surface area contributed by atoms with E-state index in [9.17, 15) is 4.79 Å². The van der Waals surface area contributed by atoms with Crippen LogP contribution in [0.2, 0.25) is 0 Å². The highest BCUT2D eigenvalue weighted by Crippen LogP contribution is 2.29. The summed E-state index contributed by atoms with van der Waals surface area (Å²) in [6, 6.07) is 0.626. The van der Waals surface area contributed by atoms with Crippen molar-refractivity contribution in [1.82, 2.24) is 5.32 Å². The molecule has 1 amide bonds. The van der Waals surface area contributed by atoms with Crippen LogP contribution in [-0.4, -0.2) is 18.0 Å². The van der Waals surface area contributed by atoms with Crippen molar-refractivity contribution < 1.29 is 4.79 Å². The SMILES string of the molecule is CC(N)CCCC(C)C(=O)NC1CCCC(C)C1C. The van der Waals surface area contributed by atoms with Crippen LogP contribution >= 0.6 is 0 Å². The maximum atomic E-state index is 12.2. The standard InChI is InChI=1S/C16H32N2O/c1-11-7-6-10-15(14(11)4)18-16(19)12(2)8-5-9-13(3)17/h11-15H,5-10,17H2,1-4H3,(H,18,19). The highest BCUT2D eigenvalue weighted by Gasteiger charge is 2.29. The molecular weight excluding hydrogens is 236 g/mol. The number of hydrogen-bond acceptors (Lipinski definition) is 2. The van der Waals surface area contributed by atoms with Crippen LogP contribution in [0.1, 0.15) is 66.2 Å². The van der Waals surface area contributed by atoms with Crippen molar-refractivity contribution in [3.05, 3.63) is 0 Å². The van der Waals surface area contributed by atoms with Gasteiger partial charge in [-0.1, -0.05) is 40.0 Å². The lowest BCUT2D eigenvalue weighted by atomic mass is 9.78. The summed E-state index contributed by atoms with van der Waals surface area (Å²) in [5, 5.41) is 3.27. The third-order valence-corrected chi connectivity index (χ3v) is 4.78. The van der Waals surface area contributed by atoms with Gasteiger partial charge in [-0.25, -0.2) is 0 Å². The minimum atomic E-state index is 0.114. The Balaban J connectivity index is 2.32. The van der Waals surface area contributed by atoms with Crippen LogP contribution in [0.15, 0.2) is 0 Å². The minimum absolute atomic E-state index is 0.114. The zero-order valence-electron chi connectivity index (χ0n) is 13.1. The second kappa shape index (κ2) is 7.88. The lowest BCUT2D eigenvalue weighted by molar-refractivity contribution is -0.126. The van der Waals surface area contributed by atoms with Crippen molar-refractivity contribution >= 4 is 5.91 Å². The van der Waals surface area contributed by atoms with Gasteiger partial charge in [-0.3, -0.25) is 4.79 Å². The summed E-state index contributed by atoms with van der Waals surface area (Å²) in [5.74, 6) is 1.68. The third kappa shape index (κ3) is 5.52. The normalized spacial score (nSPS) is 30.7. The van der Waals surface area contributed by atoms with Gasteiger partial charge in [0, 0.05) is 18.0 Å². The van der Waals surface area contributed by atoms with Gasteiger partial charge in [0.05, 0.1) is 0 Å². The van der Waals surface area contributed by atoms with Gasteiger partial charge in [0.2, 0.25) is 5.91 Å². The molecule has 0 heterocycles. The number of hydrogen-bond donors (Lipinski definition) is 2. The molecule has 0 bridgehead atoms. The largest absolute Gasteiger partial charge is 0.353 e. The molecule has 5 atom stereocenters. The smallest absolute Gasteiger partial charge is 0.223 e. The third-order valence-electron chi connectivity index (χ3n) is 4.78. The first-order valence-electron chi connectivity index (χ1n) is 7.97. The summed E-state index contributed by atoms with van der Waals surface area (Å²) in [6.45, 7) is 8.63. The molecule has 3 N–H and O–H groups in total. The Kier molecular flexibility index (Phi) is 6.84. The lowest BCUT2D eigenvalue weighted by Crippen LogP contribution is -2.45. The fourth-order valence-electron chi connectivity index (χ4n) is 2.99. The summed E-state index contributed by atoms with van der Waals surface area (Å²) in [7, 11) is 0. The van der Waals surface area contributed by atoms with E-state index >= 15 is 0 Å². The van der Waals surface area contributed by atoms with E-state index in [1.165, 1.54) is 12.8 Å². The molecule has 0 aliphatic heterocycles. The van der Waals surface area contributed by atoms with Crippen LogP contribution in [0.4, 0.5) is 0 Å². The van der Waals surface area contributed by atoms with Crippen LogP contribution in [-0.2, 0) is 4.79 Å². The van der Waals surface area contributed by atoms with Crippen molar-refractivity contribution in [2.24, 2.45) is 23.5 Å². The average Bonchev–Trinajstić information content (AvgIpc) is 2.34. The Morgan fingerprint density at radius 1 is 1.26 bits per heavy atom. The highest BCUT2D eigenvalue weighted by atomic mass is 16.1. The number of nitrogens with one attached hydrogen (secondary N) is 1. The Labute approximate surface area is 118 Å². The minimum Gasteiger partial charge on any atom is -0.353 e. The molecule has 1 saturated carbocycles. The summed E-state index contributed by atoms with van der Waals surface area (Å²) in [4.78, 5) is 12.2. The number of rotatable bonds is 6. The van der Waals surface area contributed by atoms with Crippen LogP contribution in [0.5, 0.6) is 0 Å². The van der Waals surface area contributed by atoms with Gasteiger partial charge in [0.1, 0.15) is 0 Å². The highest BCUT2D eigenvalue weighted by molar-refractivity contribution is 5.78. The predicted molar refractivity (Wildman–Crippen MR) is 80.8 cm³/mol. The molecule has 19 heavy (non-hydrogen) atoms. The van der Waals surface area contributed by atoms with Gasteiger partial charge in [0.25, 0.3) is 0 Å². The monoisotopic (exact) mass is 268 g/mol. The van der Waals surface area contributed by atoms with E-state index in [-0.39, 0.29) is 17.9 Å². The van der Waals surface area contributed by atoms with Gasteiger partial charge in [-0.05, 0) is 38.0 Å². The van der Waals surface area contributed by atoms with Crippen molar-refractivity contribution in [1.29, 1.82) is 0 Å². The molecule has 0 radical (unpaired) electrons. The molecule has 0 saturated heterocycles. The molecule has 0 aromatic carbocycles. The van der Waals surface area contributed by atoms with Gasteiger partial charge in [-0.15, -0.1) is 0 Å². The van der Waals surface area contributed by atoms with Crippen molar-refractivity contribution in [3.8, 4) is 0 Å². The van der Waals surface area contributed by atoms with E-state index in [1.54, 1.807) is 0 Å². The fraction of sp³-hybridized carbons (Fsp3) is 0.938. The van der Waals surface area contributed by atoms with Gasteiger partial charge in [0.15, 0.2) is 0 Å². The van der Waals surface area contributed by atoms with Crippen molar-refractivity contribution in [3.63, 3.8) is 0 Å². The van der Waals surface area contributed by atoms with Gasteiger partial charge in [-0.2, -0.15) is 0 Å². The van der Waals surface area contributed by atoms with Crippen molar-refractivity contribution in [2.75, 3.05) is 0 Å². The average molecular weight is 268 g/mol. The molecule has 5 unspecified atom stereocenters. The number of nitrogens with two attached hydrogens (primary N) is 1. The quantitative estimate of drug-likeness (QED) is 0.778. The summed E-state index contributed by atoms with van der Waals surface area (Å²) >= 11 is 0. The Morgan fingerprint density at radius 3 is 2.58 bits per heavy atom. The first-order chi connectivity index (χ1) is 8.91. The molecule has 112 valence electrons. The van der Waals surface area contributed by atoms with E-state index in [4.69, 9.17) is 5.73 Å². The van der Waals surface area contributed by atoms with Crippen LogP contribution in [0.3, 0.4) is 0 Å². The zero-order chi connectivity index (χ0) is 14.4. The van der Waals surface area contributed by atoms with E-state index in [0.29, 0.717) is 12.0 Å². The maximum absolute atomic E-state index is 12.2. The fourth-order valence-corrected chi connectivity index (χ4v) is 2.99. The zero-order valence-corrected chi connectivity index (χ0v) is 13.1. The second-order valence-electron chi connectivity index (χ2n) is 6.69. The molecule has 0 aromatic heterocycles. The first-order valence-corrected chi connectivity index (χ1v) is 7.97. The molecule has 0 aromatic rings. The molecule has 1 rings (SSSR count). The van der Waals surface area contributed by atoms with Gasteiger partial charge >= 0.3 is 0 Å². The second-order valence-corrected chi connectivity index (χ2v) is 6.69. The van der Waals surface area contributed by atoms with E-state index in [1.807, 2.05) is 13.8 Å². The first kappa shape index (κ1) is 16.5. The Morgan fingerprint density at radius 2 is 1.95 bits per heavy atom. The number of amides is 1. The Hall–Kier alpha value is -0.570. The summed E-state index contributed by atoms with van der Waals surface area (Å²) in [6.07, 6.45) is 6.69. The predicted octanol–water partition coefficient (Wildman–Crippen LogP) is 3.08. The van der Waals surface area contributed by atoms with Crippen LogP contribution in [0, 0.1) is 17.8 Å². The lowest BCUT2D eigenvalue weighted by Gasteiger charge is -2.35. The number of carbonyl (C=O) groups excluding carboxylic acids is 1. The van der Waals surface area contributed by atoms with Crippen LogP contribution in [0.25, 0.3) is 0 Å². The molecule has 1 aliphatic rings. The van der Waals surface area contributed by atoms with E-state index in [0.717, 1.165) is 31.6 Å². The summed E-state index contributed by atoms with van der Waals surface area (Å²) in [5.41, 5.74) is 5.74. The molecule has 3 heteroatoms. The van der Waals surface area contributed by atoms with E-state index < -0.39 is 0 Å². The molecule has 0 spiro atoms. The van der Waals surface area contributed by atoms with E-state index in [2.05, 4.69) is 19.2 Å². The molecule has 1 fully saturated rings. The van der Waals surface area contributed by atoms with Crippen LogP contribution < -0.4 is 11.1 Å². The van der Waals surface area contributed by atoms with Crippen molar-refractivity contribution in [2.45, 2.75) is 78.3 Å². The maximum Gasteiger partial charge on any atom is 0.223 e. The van der Waals surface area contributed by atoms with Gasteiger partial charge < -0.3 is 11.1 Å². The molecule has 1 aliphatic carbocycles. The Bertz CT molecular complexity index is 278. The molecule has 3 nitrogen and oxygen atoms in total. The topological polar surface area (TPSA) is 55.1 Å². The summed E-state index contributed by atoms with van der Waals surface area (Å²) < 4.78 is 0. The molecular formula is C16H32N2O. The number of carbonyl (C=O) groups is 1.